The minimum Gasteiger partial charge on any atom is -0.493 e. The lowest BCUT2D eigenvalue weighted by Crippen LogP contribution is -2.19. The zero-order valence-electron chi connectivity index (χ0n) is 20.0. The van der Waals surface area contributed by atoms with Crippen molar-refractivity contribution in [2.24, 2.45) is 5.10 Å². The molecule has 4 aromatic rings. The van der Waals surface area contributed by atoms with Crippen LogP contribution < -0.4 is 20.2 Å². The van der Waals surface area contributed by atoms with Crippen LogP contribution >= 0.6 is 34.5 Å². The number of aromatic nitrogens is 2. The lowest BCUT2D eigenvalue weighted by Gasteiger charge is -2.14. The zero-order valence-corrected chi connectivity index (χ0v) is 22.3. The number of hydrogen-bond acceptors (Lipinski definition) is 8. The molecule has 0 aliphatic carbocycles. The molecule has 2 N–H and O–H groups in total. The average molecular weight is 570 g/mol. The number of benzene rings is 3. The number of nitrogens with one attached hydrogen (secondary N) is 2. The van der Waals surface area contributed by atoms with Gasteiger partial charge in [-0.2, -0.15) is 5.10 Å². The number of nitrogens with zero attached hydrogens (tertiary/aromatic N) is 3. The van der Waals surface area contributed by atoms with Crippen molar-refractivity contribution >= 4 is 57.7 Å². The highest BCUT2D eigenvalue weighted by Crippen LogP contribution is 2.37. The molecule has 2 amide bonds. The Morgan fingerprint density at radius 2 is 1.79 bits per heavy atom. The van der Waals surface area contributed by atoms with Crippen LogP contribution in [0.4, 0.5) is 5.13 Å². The molecule has 9 nitrogen and oxygen atoms in total. The minimum atomic E-state index is -0.406. The molecule has 1 heterocycles. The van der Waals surface area contributed by atoms with E-state index in [1.165, 1.54) is 13.3 Å². The monoisotopic (exact) mass is 569 g/mol. The Hall–Kier alpha value is -3.99. The largest absolute Gasteiger partial charge is 0.493 e. The summed E-state index contributed by atoms with van der Waals surface area (Å²) in [7, 11) is 1.50. The topological polar surface area (TPSA) is 115 Å². The fourth-order valence-corrected chi connectivity index (χ4v) is 4.41. The van der Waals surface area contributed by atoms with Crippen molar-refractivity contribution < 1.29 is 19.1 Å². The Kier molecular flexibility index (Phi) is 9.26. The first-order chi connectivity index (χ1) is 18.4. The number of rotatable bonds is 10. The smallest absolute Gasteiger partial charge is 0.257 e. The van der Waals surface area contributed by atoms with Crippen molar-refractivity contribution in [1.29, 1.82) is 0 Å². The second kappa shape index (κ2) is 13.0. The van der Waals surface area contributed by atoms with Gasteiger partial charge in [0.2, 0.25) is 11.0 Å². The van der Waals surface area contributed by atoms with Crippen molar-refractivity contribution in [1.82, 2.24) is 15.6 Å². The van der Waals surface area contributed by atoms with Gasteiger partial charge in [-0.15, -0.1) is 10.2 Å². The van der Waals surface area contributed by atoms with E-state index in [4.69, 9.17) is 32.7 Å². The third-order valence-corrected chi connectivity index (χ3v) is 6.51. The number of methoxy groups -OCH3 is 1. The third kappa shape index (κ3) is 7.28. The molecule has 0 saturated carbocycles. The number of ether oxygens (including phenoxy) is 2. The van der Waals surface area contributed by atoms with Crippen molar-refractivity contribution in [2.45, 2.75) is 13.0 Å². The van der Waals surface area contributed by atoms with Crippen LogP contribution in [0.3, 0.4) is 0 Å². The van der Waals surface area contributed by atoms with Crippen LogP contribution in [0.1, 0.15) is 26.5 Å². The van der Waals surface area contributed by atoms with Crippen LogP contribution in [0, 0.1) is 0 Å². The lowest BCUT2D eigenvalue weighted by atomic mass is 10.2. The molecule has 0 atom stereocenters. The van der Waals surface area contributed by atoms with E-state index in [2.05, 4.69) is 26.0 Å². The molecule has 0 aliphatic heterocycles. The number of halogens is 2. The van der Waals surface area contributed by atoms with Crippen LogP contribution in [-0.2, 0) is 17.8 Å². The van der Waals surface area contributed by atoms with Crippen LogP contribution in [0.2, 0.25) is 10.0 Å². The van der Waals surface area contributed by atoms with Gasteiger partial charge in [0, 0.05) is 16.1 Å². The van der Waals surface area contributed by atoms with Crippen LogP contribution in [0.25, 0.3) is 0 Å². The van der Waals surface area contributed by atoms with Crippen molar-refractivity contribution in [3.8, 4) is 11.5 Å². The second-order valence-corrected chi connectivity index (χ2v) is 9.58. The van der Waals surface area contributed by atoms with Gasteiger partial charge in [-0.05, 0) is 35.9 Å². The highest BCUT2D eigenvalue weighted by molar-refractivity contribution is 7.15. The molecule has 3 aromatic carbocycles. The second-order valence-electron chi connectivity index (χ2n) is 7.71. The molecule has 12 heteroatoms. The first-order valence-electron chi connectivity index (χ1n) is 11.2. The number of hydrogen-bond donors (Lipinski definition) is 2. The van der Waals surface area contributed by atoms with Gasteiger partial charge in [-0.25, -0.2) is 5.43 Å². The predicted octanol–water partition coefficient (Wildman–Crippen LogP) is 5.38. The zero-order chi connectivity index (χ0) is 26.9. The Morgan fingerprint density at radius 1 is 1.03 bits per heavy atom. The van der Waals surface area contributed by atoms with Crippen LogP contribution in [-0.4, -0.2) is 35.3 Å². The van der Waals surface area contributed by atoms with E-state index < -0.39 is 5.91 Å². The Labute approximate surface area is 232 Å². The molecule has 1 aromatic heterocycles. The summed E-state index contributed by atoms with van der Waals surface area (Å²) in [5.74, 6) is 0.0470. The maximum absolute atomic E-state index is 12.3. The van der Waals surface area contributed by atoms with E-state index >= 15 is 0 Å². The molecule has 0 fully saturated rings. The van der Waals surface area contributed by atoms with Crippen molar-refractivity contribution in [3.05, 3.63) is 98.5 Å². The maximum atomic E-state index is 12.3. The molecule has 0 radical (unpaired) electrons. The van der Waals surface area contributed by atoms with Gasteiger partial charge >= 0.3 is 0 Å². The minimum absolute atomic E-state index is 0.0604. The van der Waals surface area contributed by atoms with Gasteiger partial charge in [-0.3, -0.25) is 14.9 Å². The Bertz CT molecular complexity index is 1460. The first-order valence-corrected chi connectivity index (χ1v) is 12.7. The summed E-state index contributed by atoms with van der Waals surface area (Å²) < 4.78 is 11.3. The first kappa shape index (κ1) is 27.1. The fourth-order valence-electron chi connectivity index (χ4n) is 3.21. The fraction of sp³-hybridized carbons (Fsp3) is 0.115. The highest BCUT2D eigenvalue weighted by atomic mass is 35.5. The van der Waals surface area contributed by atoms with E-state index in [-0.39, 0.29) is 18.9 Å². The molecule has 4 rings (SSSR count). The Balaban J connectivity index is 1.32. The predicted molar refractivity (Wildman–Crippen MR) is 148 cm³/mol. The molecule has 0 aliphatic rings. The lowest BCUT2D eigenvalue weighted by molar-refractivity contribution is -0.120. The molecule has 0 bridgehead atoms. The standard InChI is InChI=1S/C26H21Cl2N5O4S/c1-36-21-12-16(11-20(28)24(21)37-15-18-9-5-6-10-19(18)27)14-29-31-22(34)13-23-32-33-26(38-23)30-25(35)17-7-3-2-4-8-17/h2-12,14H,13,15H2,1H3,(H,31,34)(H,30,33,35)/b29-14+. The highest BCUT2D eigenvalue weighted by Gasteiger charge is 2.14. The number of hydrazone groups is 1. The van der Waals surface area contributed by atoms with E-state index in [0.717, 1.165) is 16.9 Å². The average Bonchev–Trinajstić information content (AvgIpc) is 3.35. The van der Waals surface area contributed by atoms with E-state index in [9.17, 15) is 9.59 Å². The summed E-state index contributed by atoms with van der Waals surface area (Å²) in [5, 5.41) is 16.1. The van der Waals surface area contributed by atoms with Gasteiger partial charge in [-0.1, -0.05) is 70.9 Å². The van der Waals surface area contributed by atoms with Gasteiger partial charge < -0.3 is 9.47 Å². The Morgan fingerprint density at radius 3 is 2.55 bits per heavy atom. The quantitative estimate of drug-likeness (QED) is 0.196. The molecule has 0 spiro atoms. The molecule has 0 saturated heterocycles. The summed E-state index contributed by atoms with van der Waals surface area (Å²) in [4.78, 5) is 24.5. The number of carbonyl (C=O) groups is 2. The molecule has 0 unspecified atom stereocenters. The molecular weight excluding hydrogens is 549 g/mol. The van der Waals surface area contributed by atoms with Crippen molar-refractivity contribution in [2.75, 3.05) is 12.4 Å². The van der Waals surface area contributed by atoms with Crippen LogP contribution in [0.15, 0.2) is 71.8 Å². The van der Waals surface area contributed by atoms with Crippen molar-refractivity contribution in [3.63, 3.8) is 0 Å². The van der Waals surface area contributed by atoms with Gasteiger partial charge in [0.15, 0.2) is 11.5 Å². The third-order valence-electron chi connectivity index (χ3n) is 5.02. The van der Waals surface area contributed by atoms with Gasteiger partial charge in [0.1, 0.15) is 11.6 Å². The SMILES string of the molecule is COc1cc(/C=N/NC(=O)Cc2nnc(NC(=O)c3ccccc3)s2)cc(Cl)c1OCc1ccccc1Cl. The number of amides is 2. The summed E-state index contributed by atoms with van der Waals surface area (Å²) in [6, 6.07) is 19.4. The van der Waals surface area contributed by atoms with E-state index in [0.29, 0.717) is 42.8 Å². The summed E-state index contributed by atoms with van der Waals surface area (Å²) >= 11 is 13.7. The summed E-state index contributed by atoms with van der Waals surface area (Å²) in [5.41, 5.74) is 4.32. The van der Waals surface area contributed by atoms with E-state index in [1.807, 2.05) is 24.3 Å². The molecule has 38 heavy (non-hydrogen) atoms. The molecule has 194 valence electrons. The van der Waals surface area contributed by atoms with Gasteiger partial charge in [0.05, 0.1) is 24.8 Å². The van der Waals surface area contributed by atoms with E-state index in [1.54, 1.807) is 42.5 Å². The maximum Gasteiger partial charge on any atom is 0.257 e. The van der Waals surface area contributed by atoms with Crippen LogP contribution in [0.5, 0.6) is 11.5 Å². The number of carbonyl (C=O) groups excluding carboxylic acids is 2. The summed E-state index contributed by atoms with van der Waals surface area (Å²) in [6.45, 7) is 0.211. The molecular formula is C26H21Cl2N5O4S. The van der Waals surface area contributed by atoms with Gasteiger partial charge in [0.25, 0.3) is 5.91 Å². The summed E-state index contributed by atoms with van der Waals surface area (Å²) in [6.07, 6.45) is 1.37. The normalized spacial score (nSPS) is 10.8. The number of anilines is 1.